The molecule has 1 aromatic heterocycles. The molecule has 0 radical (unpaired) electrons. The number of carbonyl (C=O) groups excluding carboxylic acids is 1. The van der Waals surface area contributed by atoms with Crippen molar-refractivity contribution in [2.24, 2.45) is 5.92 Å². The highest BCUT2D eigenvalue weighted by Crippen LogP contribution is 2.41. The van der Waals surface area contributed by atoms with Crippen molar-refractivity contribution in [2.45, 2.75) is 18.9 Å². The Kier molecular flexibility index (Phi) is 3.71. The van der Waals surface area contributed by atoms with Crippen LogP contribution >= 0.6 is 27.3 Å². The van der Waals surface area contributed by atoms with Gasteiger partial charge in [0.2, 0.25) is 0 Å². The molecule has 2 nitrogen and oxygen atoms in total. The van der Waals surface area contributed by atoms with E-state index in [1.807, 2.05) is 30.3 Å². The minimum absolute atomic E-state index is 0.0245. The van der Waals surface area contributed by atoms with Gasteiger partial charge in [-0.05, 0) is 52.4 Å². The predicted octanol–water partition coefficient (Wildman–Crippen LogP) is 4.39. The second-order valence-electron chi connectivity index (χ2n) is 4.80. The second-order valence-corrected chi connectivity index (χ2v) is 7.27. The summed E-state index contributed by atoms with van der Waals surface area (Å²) in [5, 5.41) is 3.18. The summed E-state index contributed by atoms with van der Waals surface area (Å²) in [5.74, 6) is 0.617. The van der Waals surface area contributed by atoms with Crippen LogP contribution in [0.3, 0.4) is 0 Å². The molecule has 1 atom stereocenters. The van der Waals surface area contributed by atoms with Crippen LogP contribution in [0.5, 0.6) is 0 Å². The van der Waals surface area contributed by atoms with Gasteiger partial charge in [0.1, 0.15) is 0 Å². The van der Waals surface area contributed by atoms with Crippen LogP contribution in [-0.2, 0) is 0 Å². The molecule has 19 heavy (non-hydrogen) atoms. The van der Waals surface area contributed by atoms with E-state index in [1.165, 1.54) is 29.7 Å². The van der Waals surface area contributed by atoms with Crippen molar-refractivity contribution in [3.63, 3.8) is 0 Å². The maximum absolute atomic E-state index is 12.3. The smallest absolute Gasteiger partial charge is 0.261 e. The van der Waals surface area contributed by atoms with E-state index in [0.29, 0.717) is 5.92 Å². The van der Waals surface area contributed by atoms with E-state index in [0.717, 1.165) is 8.66 Å². The molecular weight excluding hydrogens is 322 g/mol. The van der Waals surface area contributed by atoms with Crippen molar-refractivity contribution in [1.82, 2.24) is 5.32 Å². The molecule has 1 aromatic carbocycles. The van der Waals surface area contributed by atoms with Gasteiger partial charge in [-0.25, -0.2) is 0 Å². The van der Waals surface area contributed by atoms with Crippen LogP contribution in [0.4, 0.5) is 0 Å². The van der Waals surface area contributed by atoms with Gasteiger partial charge in [-0.3, -0.25) is 4.79 Å². The van der Waals surface area contributed by atoms with Crippen molar-refractivity contribution >= 4 is 33.2 Å². The lowest BCUT2D eigenvalue weighted by molar-refractivity contribution is 0.0936. The van der Waals surface area contributed by atoms with E-state index < -0.39 is 0 Å². The first-order chi connectivity index (χ1) is 9.24. The molecule has 2 aromatic rings. The minimum Gasteiger partial charge on any atom is -0.344 e. The zero-order valence-electron chi connectivity index (χ0n) is 10.3. The fourth-order valence-electron chi connectivity index (χ4n) is 2.21. The molecular formula is C15H14BrNOS. The Hall–Kier alpha value is -1.13. The summed E-state index contributed by atoms with van der Waals surface area (Å²) < 4.78 is 0.986. The van der Waals surface area contributed by atoms with Crippen molar-refractivity contribution in [3.05, 3.63) is 56.7 Å². The van der Waals surface area contributed by atoms with Gasteiger partial charge < -0.3 is 5.32 Å². The van der Waals surface area contributed by atoms with Gasteiger partial charge in [0.15, 0.2) is 0 Å². The summed E-state index contributed by atoms with van der Waals surface area (Å²) in [4.78, 5) is 13.0. The van der Waals surface area contributed by atoms with Crippen molar-refractivity contribution < 1.29 is 4.79 Å². The lowest BCUT2D eigenvalue weighted by Gasteiger charge is -2.18. The molecule has 98 valence electrons. The maximum atomic E-state index is 12.3. The normalized spacial score (nSPS) is 16.1. The van der Waals surface area contributed by atoms with Gasteiger partial charge in [-0.2, -0.15) is 0 Å². The number of carbonyl (C=O) groups is 1. The largest absolute Gasteiger partial charge is 0.344 e. The molecule has 1 amide bonds. The minimum atomic E-state index is 0.0245. The van der Waals surface area contributed by atoms with E-state index in [2.05, 4.69) is 33.4 Å². The number of halogens is 1. The Balaban J connectivity index is 1.77. The highest BCUT2D eigenvalue weighted by molar-refractivity contribution is 9.11. The van der Waals surface area contributed by atoms with Gasteiger partial charge >= 0.3 is 0 Å². The quantitative estimate of drug-likeness (QED) is 0.881. The van der Waals surface area contributed by atoms with Crippen molar-refractivity contribution in [3.8, 4) is 0 Å². The molecule has 1 saturated carbocycles. The van der Waals surface area contributed by atoms with E-state index >= 15 is 0 Å². The number of hydrogen-bond donors (Lipinski definition) is 1. The monoisotopic (exact) mass is 335 g/mol. The predicted molar refractivity (Wildman–Crippen MR) is 81.4 cm³/mol. The molecule has 1 aliphatic rings. The summed E-state index contributed by atoms with van der Waals surface area (Å²) in [6, 6.07) is 14.2. The van der Waals surface area contributed by atoms with E-state index in [-0.39, 0.29) is 11.9 Å². The van der Waals surface area contributed by atoms with Gasteiger partial charge in [-0.1, -0.05) is 30.3 Å². The summed E-state index contributed by atoms with van der Waals surface area (Å²) in [5.41, 5.74) is 1.20. The highest BCUT2D eigenvalue weighted by atomic mass is 79.9. The fourth-order valence-corrected chi connectivity index (χ4v) is 3.50. The zero-order chi connectivity index (χ0) is 13.2. The average Bonchev–Trinajstić information content (AvgIpc) is 3.18. The lowest BCUT2D eigenvalue weighted by Crippen LogP contribution is -2.29. The Morgan fingerprint density at radius 3 is 2.53 bits per heavy atom. The SMILES string of the molecule is O=C(NC(c1ccccc1)C1CC1)c1ccc(Br)s1. The van der Waals surface area contributed by atoms with Crippen LogP contribution in [0.25, 0.3) is 0 Å². The molecule has 1 N–H and O–H groups in total. The second kappa shape index (κ2) is 5.47. The number of hydrogen-bond acceptors (Lipinski definition) is 2. The maximum Gasteiger partial charge on any atom is 0.261 e. The Bertz CT molecular complexity index is 577. The van der Waals surface area contributed by atoms with Crippen molar-refractivity contribution in [1.29, 1.82) is 0 Å². The molecule has 0 aliphatic heterocycles. The van der Waals surface area contributed by atoms with Crippen LogP contribution in [0.1, 0.15) is 34.1 Å². The van der Waals surface area contributed by atoms with Crippen LogP contribution in [0, 0.1) is 5.92 Å². The summed E-state index contributed by atoms with van der Waals surface area (Å²) >= 11 is 4.86. The third-order valence-electron chi connectivity index (χ3n) is 3.34. The third kappa shape index (κ3) is 3.07. The topological polar surface area (TPSA) is 29.1 Å². The number of rotatable bonds is 4. The summed E-state index contributed by atoms with van der Waals surface area (Å²) in [6.45, 7) is 0. The molecule has 0 bridgehead atoms. The van der Waals surface area contributed by atoms with E-state index in [9.17, 15) is 4.79 Å². The average molecular weight is 336 g/mol. The number of benzene rings is 1. The van der Waals surface area contributed by atoms with Crippen LogP contribution in [0.15, 0.2) is 46.3 Å². The lowest BCUT2D eigenvalue weighted by atomic mass is 10.0. The van der Waals surface area contributed by atoms with Gasteiger partial charge in [0.25, 0.3) is 5.91 Å². The molecule has 4 heteroatoms. The van der Waals surface area contributed by atoms with Crippen LogP contribution in [-0.4, -0.2) is 5.91 Å². The zero-order valence-corrected chi connectivity index (χ0v) is 12.7. The van der Waals surface area contributed by atoms with Crippen molar-refractivity contribution in [2.75, 3.05) is 0 Å². The number of amides is 1. The van der Waals surface area contributed by atoms with Gasteiger partial charge in [0.05, 0.1) is 14.7 Å². The number of thiophene rings is 1. The number of nitrogens with one attached hydrogen (secondary N) is 1. The first-order valence-corrected chi connectivity index (χ1v) is 7.96. The van der Waals surface area contributed by atoms with Crippen LogP contribution < -0.4 is 5.32 Å². The summed E-state index contributed by atoms with van der Waals surface area (Å²) in [6.07, 6.45) is 2.40. The fraction of sp³-hybridized carbons (Fsp3) is 0.267. The molecule has 0 saturated heterocycles. The Morgan fingerprint density at radius 1 is 1.21 bits per heavy atom. The first kappa shape index (κ1) is 12.9. The highest BCUT2D eigenvalue weighted by Gasteiger charge is 2.33. The molecule has 1 unspecified atom stereocenters. The molecule has 1 heterocycles. The third-order valence-corrected chi connectivity index (χ3v) is 4.96. The van der Waals surface area contributed by atoms with Crippen LogP contribution in [0.2, 0.25) is 0 Å². The molecule has 1 fully saturated rings. The molecule has 3 rings (SSSR count). The molecule has 0 spiro atoms. The molecule has 1 aliphatic carbocycles. The Morgan fingerprint density at radius 2 is 1.95 bits per heavy atom. The van der Waals surface area contributed by atoms with E-state index in [1.54, 1.807) is 0 Å². The standard InChI is InChI=1S/C15H14BrNOS/c16-13-9-8-12(19-13)15(18)17-14(11-6-7-11)10-4-2-1-3-5-10/h1-5,8-9,11,14H,6-7H2,(H,17,18). The Labute approximate surface area is 125 Å². The van der Waals surface area contributed by atoms with E-state index in [4.69, 9.17) is 0 Å². The van der Waals surface area contributed by atoms with Gasteiger partial charge in [-0.15, -0.1) is 11.3 Å². The summed E-state index contributed by atoms with van der Waals surface area (Å²) in [7, 11) is 0. The first-order valence-electron chi connectivity index (χ1n) is 6.35. The van der Waals surface area contributed by atoms with Gasteiger partial charge in [0, 0.05) is 0 Å².